The van der Waals surface area contributed by atoms with Crippen LogP contribution >= 0.6 is 0 Å². The molecule has 3 nitrogen and oxygen atoms in total. The average Bonchev–Trinajstić information content (AvgIpc) is 3.28. The Labute approximate surface area is 160 Å². The summed E-state index contributed by atoms with van der Waals surface area (Å²) >= 11 is 0. The molecule has 0 saturated heterocycles. The number of alkyl halides is 3. The highest BCUT2D eigenvalue weighted by atomic mass is 19.4. The van der Waals surface area contributed by atoms with Crippen LogP contribution in [0.2, 0.25) is 0 Å². The van der Waals surface area contributed by atoms with Crippen LogP contribution in [0.15, 0.2) is 42.5 Å². The Morgan fingerprint density at radius 3 is 2.46 bits per heavy atom. The molecule has 2 aromatic rings. The average molecular weight is 387 g/mol. The molecule has 5 unspecified atom stereocenters. The van der Waals surface area contributed by atoms with Gasteiger partial charge in [0.2, 0.25) is 0 Å². The molecular formula is C22H20F3NO2. The number of hydrogen-bond acceptors (Lipinski definition) is 2. The molecule has 0 aromatic heterocycles. The van der Waals surface area contributed by atoms with E-state index in [9.17, 15) is 23.1 Å². The van der Waals surface area contributed by atoms with Crippen molar-refractivity contribution in [3.8, 4) is 0 Å². The molecule has 2 N–H and O–H groups in total. The van der Waals surface area contributed by atoms with Gasteiger partial charge >= 0.3 is 12.1 Å². The number of carboxylic acid groups (broad SMARTS) is 1. The van der Waals surface area contributed by atoms with Gasteiger partial charge in [0, 0.05) is 0 Å². The fraction of sp³-hybridized carbons (Fsp3) is 0.409. The van der Waals surface area contributed by atoms with Gasteiger partial charge in [-0.05, 0) is 66.2 Å². The molecule has 0 radical (unpaired) electrons. The monoisotopic (exact) mass is 387 g/mol. The molecule has 146 valence electrons. The topological polar surface area (TPSA) is 49.3 Å². The molecule has 2 bridgehead atoms. The predicted octanol–water partition coefficient (Wildman–Crippen LogP) is 5.70. The van der Waals surface area contributed by atoms with Crippen molar-refractivity contribution in [2.24, 2.45) is 17.8 Å². The van der Waals surface area contributed by atoms with E-state index in [1.54, 1.807) is 12.1 Å². The van der Waals surface area contributed by atoms with Gasteiger partial charge in [0.15, 0.2) is 0 Å². The van der Waals surface area contributed by atoms with Crippen molar-refractivity contribution >= 4 is 11.7 Å². The standard InChI is InChI=1S/C22H20F3NO2/c23-22(24,25)16-7-2-1-4-13(16)20-18-12-9-8-11(10-12)17(18)14-5-3-6-15(21(27)28)19(14)26-20/h1-7,11-12,17-18,20,26H,8-10H2,(H,27,28). The third-order valence-electron chi connectivity index (χ3n) is 6.95. The normalized spacial score (nSPS) is 30.5. The van der Waals surface area contributed by atoms with E-state index < -0.39 is 23.8 Å². The molecule has 1 heterocycles. The van der Waals surface area contributed by atoms with Crippen molar-refractivity contribution in [1.82, 2.24) is 0 Å². The summed E-state index contributed by atoms with van der Waals surface area (Å²) in [5, 5.41) is 12.9. The maximum absolute atomic E-state index is 13.7. The molecule has 2 saturated carbocycles. The van der Waals surface area contributed by atoms with Crippen molar-refractivity contribution in [2.45, 2.75) is 37.4 Å². The van der Waals surface area contributed by atoms with E-state index in [1.807, 2.05) is 6.07 Å². The first-order chi connectivity index (χ1) is 13.4. The molecular weight excluding hydrogens is 367 g/mol. The highest BCUT2D eigenvalue weighted by Gasteiger charge is 2.55. The van der Waals surface area contributed by atoms with E-state index in [1.165, 1.54) is 18.2 Å². The number of para-hydroxylation sites is 1. The van der Waals surface area contributed by atoms with Gasteiger partial charge in [-0.15, -0.1) is 0 Å². The van der Waals surface area contributed by atoms with Crippen LogP contribution in [0.3, 0.4) is 0 Å². The molecule has 0 spiro atoms. The predicted molar refractivity (Wildman–Crippen MR) is 98.3 cm³/mol. The van der Waals surface area contributed by atoms with E-state index in [2.05, 4.69) is 5.32 Å². The lowest BCUT2D eigenvalue weighted by Crippen LogP contribution is -2.37. The van der Waals surface area contributed by atoms with Crippen LogP contribution in [0, 0.1) is 17.8 Å². The second kappa shape index (κ2) is 6.00. The van der Waals surface area contributed by atoms with Gasteiger partial charge in [0.25, 0.3) is 0 Å². The fourth-order valence-electron chi connectivity index (χ4n) is 6.03. The van der Waals surface area contributed by atoms with E-state index in [0.29, 0.717) is 17.5 Å². The number of nitrogens with one attached hydrogen (secondary N) is 1. The third kappa shape index (κ3) is 2.46. The lowest BCUT2D eigenvalue weighted by Gasteiger charge is -2.44. The van der Waals surface area contributed by atoms with Crippen molar-refractivity contribution in [2.75, 3.05) is 5.32 Å². The maximum atomic E-state index is 13.7. The lowest BCUT2D eigenvalue weighted by atomic mass is 9.67. The van der Waals surface area contributed by atoms with Crippen LogP contribution in [-0.4, -0.2) is 11.1 Å². The molecule has 5 atom stereocenters. The summed E-state index contributed by atoms with van der Waals surface area (Å²) < 4.78 is 41.1. The van der Waals surface area contributed by atoms with Crippen molar-refractivity contribution in [3.05, 3.63) is 64.7 Å². The Morgan fingerprint density at radius 1 is 1.00 bits per heavy atom. The van der Waals surface area contributed by atoms with Crippen LogP contribution in [-0.2, 0) is 6.18 Å². The van der Waals surface area contributed by atoms with Gasteiger partial charge in [0.1, 0.15) is 0 Å². The largest absolute Gasteiger partial charge is 0.478 e. The SMILES string of the molecule is O=C(O)c1cccc2c1NC(c1ccccc1C(F)(F)F)C1C3CCC(C3)C21. The van der Waals surface area contributed by atoms with Crippen LogP contribution in [0.1, 0.15) is 58.3 Å². The summed E-state index contributed by atoms with van der Waals surface area (Å²) in [5.74, 6) is -0.107. The first-order valence-corrected chi connectivity index (χ1v) is 9.65. The molecule has 0 amide bonds. The van der Waals surface area contributed by atoms with Gasteiger partial charge in [-0.3, -0.25) is 0 Å². The fourth-order valence-corrected chi connectivity index (χ4v) is 6.03. The number of anilines is 1. The van der Waals surface area contributed by atoms with Crippen molar-refractivity contribution in [3.63, 3.8) is 0 Å². The van der Waals surface area contributed by atoms with Gasteiger partial charge in [-0.25, -0.2) is 4.79 Å². The minimum Gasteiger partial charge on any atom is -0.478 e. The molecule has 2 aliphatic carbocycles. The maximum Gasteiger partial charge on any atom is 0.416 e. The molecule has 28 heavy (non-hydrogen) atoms. The molecule has 3 aliphatic rings. The minimum absolute atomic E-state index is 0.0544. The van der Waals surface area contributed by atoms with Gasteiger partial charge < -0.3 is 10.4 Å². The Hall–Kier alpha value is -2.50. The highest BCUT2D eigenvalue weighted by molar-refractivity contribution is 5.95. The zero-order chi connectivity index (χ0) is 19.6. The number of rotatable bonds is 2. The lowest BCUT2D eigenvalue weighted by molar-refractivity contribution is -0.138. The smallest absolute Gasteiger partial charge is 0.416 e. The van der Waals surface area contributed by atoms with E-state index in [4.69, 9.17) is 0 Å². The molecule has 5 rings (SSSR count). The number of benzene rings is 2. The zero-order valence-corrected chi connectivity index (χ0v) is 15.0. The van der Waals surface area contributed by atoms with E-state index >= 15 is 0 Å². The van der Waals surface area contributed by atoms with Crippen LogP contribution in [0.25, 0.3) is 0 Å². The van der Waals surface area contributed by atoms with Crippen LogP contribution in [0.4, 0.5) is 18.9 Å². The molecule has 2 aromatic carbocycles. The van der Waals surface area contributed by atoms with Gasteiger partial charge in [-0.2, -0.15) is 13.2 Å². The van der Waals surface area contributed by atoms with E-state index in [-0.39, 0.29) is 23.0 Å². The minimum atomic E-state index is -4.45. The summed E-state index contributed by atoms with van der Waals surface area (Å²) in [5.41, 5.74) is 1.17. The molecule has 2 fully saturated rings. The second-order valence-electron chi connectivity index (χ2n) is 8.22. The number of fused-ring (bicyclic) bond motifs is 7. The summed E-state index contributed by atoms with van der Waals surface area (Å²) in [4.78, 5) is 11.8. The number of carbonyl (C=O) groups is 1. The molecule has 6 heteroatoms. The van der Waals surface area contributed by atoms with Crippen molar-refractivity contribution in [1.29, 1.82) is 0 Å². The van der Waals surface area contributed by atoms with Gasteiger partial charge in [0.05, 0.1) is 22.9 Å². The Bertz CT molecular complexity index is 955. The first-order valence-electron chi connectivity index (χ1n) is 9.65. The molecule has 1 aliphatic heterocycles. The Kier molecular flexibility index (Phi) is 3.77. The summed E-state index contributed by atoms with van der Waals surface area (Å²) in [6, 6.07) is 10.4. The summed E-state index contributed by atoms with van der Waals surface area (Å²) in [6.45, 7) is 0. The number of hydrogen-bond donors (Lipinski definition) is 2. The summed E-state index contributed by atoms with van der Waals surface area (Å²) in [7, 11) is 0. The van der Waals surface area contributed by atoms with E-state index in [0.717, 1.165) is 30.9 Å². The van der Waals surface area contributed by atoms with Crippen molar-refractivity contribution < 1.29 is 23.1 Å². The second-order valence-corrected chi connectivity index (χ2v) is 8.22. The number of halogens is 3. The Balaban J connectivity index is 1.70. The summed E-state index contributed by atoms with van der Waals surface area (Å²) in [6.07, 6.45) is -1.33. The number of aromatic carboxylic acids is 1. The Morgan fingerprint density at radius 2 is 1.71 bits per heavy atom. The third-order valence-corrected chi connectivity index (χ3v) is 6.95. The van der Waals surface area contributed by atoms with Crippen LogP contribution < -0.4 is 5.32 Å². The quantitative estimate of drug-likeness (QED) is 0.695. The first kappa shape index (κ1) is 17.6. The zero-order valence-electron chi connectivity index (χ0n) is 15.0. The highest BCUT2D eigenvalue weighted by Crippen LogP contribution is 2.64. The van der Waals surface area contributed by atoms with Gasteiger partial charge in [-0.1, -0.05) is 30.3 Å². The number of carboxylic acids is 1. The van der Waals surface area contributed by atoms with Crippen LogP contribution in [0.5, 0.6) is 0 Å².